The molecule has 112 valence electrons. The van der Waals surface area contributed by atoms with Crippen LogP contribution in [0.5, 0.6) is 0 Å². The van der Waals surface area contributed by atoms with Crippen molar-refractivity contribution in [3.63, 3.8) is 0 Å². The van der Waals surface area contributed by atoms with Gasteiger partial charge in [0.2, 0.25) is 0 Å². The quantitative estimate of drug-likeness (QED) is 0.842. The van der Waals surface area contributed by atoms with Crippen molar-refractivity contribution >= 4 is 0 Å². The van der Waals surface area contributed by atoms with Crippen LogP contribution < -0.4 is 5.32 Å². The van der Waals surface area contributed by atoms with Crippen LogP contribution in [0.3, 0.4) is 0 Å². The second-order valence-corrected chi connectivity index (χ2v) is 6.94. The highest BCUT2D eigenvalue weighted by molar-refractivity contribution is 5.26. The van der Waals surface area contributed by atoms with Crippen molar-refractivity contribution in [3.05, 3.63) is 35.4 Å². The SMILES string of the molecule is CCOCc1ccccc1CNC1CC(C)(C)CC1C. The van der Waals surface area contributed by atoms with Crippen LogP contribution in [0.4, 0.5) is 0 Å². The van der Waals surface area contributed by atoms with Gasteiger partial charge >= 0.3 is 0 Å². The molecular formula is C18H29NO. The Kier molecular flexibility index (Phi) is 5.22. The molecule has 0 aromatic heterocycles. The summed E-state index contributed by atoms with van der Waals surface area (Å²) in [6.07, 6.45) is 2.60. The molecule has 1 aromatic carbocycles. The second kappa shape index (κ2) is 6.73. The van der Waals surface area contributed by atoms with E-state index in [1.165, 1.54) is 24.0 Å². The number of rotatable bonds is 6. The Labute approximate surface area is 123 Å². The highest BCUT2D eigenvalue weighted by Crippen LogP contribution is 2.40. The Hall–Kier alpha value is -0.860. The highest BCUT2D eigenvalue weighted by atomic mass is 16.5. The zero-order valence-corrected chi connectivity index (χ0v) is 13.4. The zero-order valence-electron chi connectivity index (χ0n) is 13.4. The minimum absolute atomic E-state index is 0.488. The van der Waals surface area contributed by atoms with E-state index in [0.29, 0.717) is 11.5 Å². The van der Waals surface area contributed by atoms with Crippen LogP contribution in [0.1, 0.15) is 51.7 Å². The fourth-order valence-corrected chi connectivity index (χ4v) is 3.49. The van der Waals surface area contributed by atoms with Gasteiger partial charge in [-0.3, -0.25) is 0 Å². The van der Waals surface area contributed by atoms with Gasteiger partial charge in [-0.2, -0.15) is 0 Å². The summed E-state index contributed by atoms with van der Waals surface area (Å²) in [5.41, 5.74) is 3.17. The Balaban J connectivity index is 1.94. The molecule has 1 N–H and O–H groups in total. The minimum atomic E-state index is 0.488. The normalized spacial score (nSPS) is 25.0. The van der Waals surface area contributed by atoms with E-state index < -0.39 is 0 Å². The summed E-state index contributed by atoms with van der Waals surface area (Å²) < 4.78 is 5.56. The van der Waals surface area contributed by atoms with Crippen molar-refractivity contribution in [2.45, 2.75) is 59.7 Å². The maximum absolute atomic E-state index is 5.56. The maximum Gasteiger partial charge on any atom is 0.0719 e. The van der Waals surface area contributed by atoms with Crippen molar-refractivity contribution in [3.8, 4) is 0 Å². The van der Waals surface area contributed by atoms with Gasteiger partial charge in [-0.15, -0.1) is 0 Å². The van der Waals surface area contributed by atoms with Crippen molar-refractivity contribution in [1.82, 2.24) is 5.32 Å². The summed E-state index contributed by atoms with van der Waals surface area (Å²) in [6, 6.07) is 9.25. The van der Waals surface area contributed by atoms with Crippen LogP contribution in [0.15, 0.2) is 24.3 Å². The number of hydrogen-bond donors (Lipinski definition) is 1. The standard InChI is InChI=1S/C18H29NO/c1-5-20-13-16-9-7-6-8-15(16)12-19-17-11-18(3,4)10-14(17)2/h6-9,14,17,19H,5,10-13H2,1-4H3. The van der Waals surface area contributed by atoms with Gasteiger partial charge in [0.15, 0.2) is 0 Å². The van der Waals surface area contributed by atoms with E-state index in [9.17, 15) is 0 Å². The first-order valence-corrected chi connectivity index (χ1v) is 7.90. The molecule has 2 unspecified atom stereocenters. The molecule has 1 aliphatic carbocycles. The third-order valence-corrected chi connectivity index (χ3v) is 4.47. The van der Waals surface area contributed by atoms with Crippen LogP contribution in [-0.4, -0.2) is 12.6 Å². The predicted octanol–water partition coefficient (Wildman–Crippen LogP) is 4.14. The Morgan fingerprint density at radius 2 is 1.90 bits per heavy atom. The molecule has 1 aromatic rings. The Bertz CT molecular complexity index is 427. The fraction of sp³-hybridized carbons (Fsp3) is 0.667. The van der Waals surface area contributed by atoms with E-state index in [1.54, 1.807) is 0 Å². The molecule has 20 heavy (non-hydrogen) atoms. The molecule has 0 saturated heterocycles. The minimum Gasteiger partial charge on any atom is -0.377 e. The van der Waals surface area contributed by atoms with Crippen LogP contribution in [0.25, 0.3) is 0 Å². The van der Waals surface area contributed by atoms with E-state index in [2.05, 4.69) is 50.4 Å². The number of benzene rings is 1. The summed E-state index contributed by atoms with van der Waals surface area (Å²) in [6.45, 7) is 11.6. The smallest absolute Gasteiger partial charge is 0.0719 e. The van der Waals surface area contributed by atoms with Gasteiger partial charge in [0.25, 0.3) is 0 Å². The number of hydrogen-bond acceptors (Lipinski definition) is 2. The first-order valence-electron chi connectivity index (χ1n) is 7.90. The zero-order chi connectivity index (χ0) is 14.6. The molecule has 0 aliphatic heterocycles. The molecule has 0 spiro atoms. The van der Waals surface area contributed by atoms with Gasteiger partial charge in [-0.05, 0) is 42.2 Å². The van der Waals surface area contributed by atoms with E-state index in [0.717, 1.165) is 25.7 Å². The monoisotopic (exact) mass is 275 g/mol. The third kappa shape index (κ3) is 4.07. The summed E-state index contributed by atoms with van der Waals surface area (Å²) in [5.74, 6) is 0.768. The lowest BCUT2D eigenvalue weighted by molar-refractivity contribution is 0.133. The van der Waals surface area contributed by atoms with Gasteiger partial charge in [-0.25, -0.2) is 0 Å². The predicted molar refractivity (Wildman–Crippen MR) is 84.6 cm³/mol. The Morgan fingerprint density at radius 3 is 2.50 bits per heavy atom. The topological polar surface area (TPSA) is 21.3 Å². The van der Waals surface area contributed by atoms with Gasteiger partial charge < -0.3 is 10.1 Å². The largest absolute Gasteiger partial charge is 0.377 e. The first-order chi connectivity index (χ1) is 9.52. The van der Waals surface area contributed by atoms with Crippen LogP contribution >= 0.6 is 0 Å². The highest BCUT2D eigenvalue weighted by Gasteiger charge is 2.36. The number of nitrogens with one attached hydrogen (secondary N) is 1. The number of ether oxygens (including phenoxy) is 1. The average Bonchev–Trinajstić information content (AvgIpc) is 2.67. The van der Waals surface area contributed by atoms with Crippen molar-refractivity contribution in [2.24, 2.45) is 11.3 Å². The molecule has 0 radical (unpaired) electrons. The lowest BCUT2D eigenvalue weighted by atomic mass is 9.91. The van der Waals surface area contributed by atoms with E-state index in [4.69, 9.17) is 4.74 Å². The lowest BCUT2D eigenvalue weighted by Gasteiger charge is -2.19. The summed E-state index contributed by atoms with van der Waals surface area (Å²) in [7, 11) is 0. The molecule has 2 nitrogen and oxygen atoms in total. The lowest BCUT2D eigenvalue weighted by Crippen LogP contribution is -2.31. The molecule has 0 amide bonds. The molecule has 2 heteroatoms. The van der Waals surface area contributed by atoms with Crippen molar-refractivity contribution in [2.75, 3.05) is 6.61 Å². The average molecular weight is 275 g/mol. The molecule has 2 atom stereocenters. The molecule has 0 bridgehead atoms. The van der Waals surface area contributed by atoms with Gasteiger partial charge in [0.05, 0.1) is 6.61 Å². The summed E-state index contributed by atoms with van der Waals surface area (Å²) >= 11 is 0. The van der Waals surface area contributed by atoms with E-state index in [1.807, 2.05) is 6.92 Å². The molecule has 1 aliphatic rings. The van der Waals surface area contributed by atoms with Crippen molar-refractivity contribution < 1.29 is 4.74 Å². The van der Waals surface area contributed by atoms with E-state index >= 15 is 0 Å². The molecule has 1 fully saturated rings. The molecular weight excluding hydrogens is 246 g/mol. The fourth-order valence-electron chi connectivity index (χ4n) is 3.49. The molecule has 0 heterocycles. The third-order valence-electron chi connectivity index (χ3n) is 4.47. The van der Waals surface area contributed by atoms with Crippen LogP contribution in [0, 0.1) is 11.3 Å². The maximum atomic E-state index is 5.56. The molecule has 2 rings (SSSR count). The van der Waals surface area contributed by atoms with Crippen molar-refractivity contribution in [1.29, 1.82) is 0 Å². The summed E-state index contributed by atoms with van der Waals surface area (Å²) in [5, 5.41) is 3.76. The Morgan fingerprint density at radius 1 is 1.20 bits per heavy atom. The second-order valence-electron chi connectivity index (χ2n) is 6.94. The van der Waals surface area contributed by atoms with Gasteiger partial charge in [0.1, 0.15) is 0 Å². The van der Waals surface area contributed by atoms with Gasteiger partial charge in [0, 0.05) is 19.2 Å². The van der Waals surface area contributed by atoms with Gasteiger partial charge in [-0.1, -0.05) is 45.0 Å². The van der Waals surface area contributed by atoms with E-state index in [-0.39, 0.29) is 0 Å². The summed E-state index contributed by atoms with van der Waals surface area (Å²) in [4.78, 5) is 0. The van der Waals surface area contributed by atoms with Crippen LogP contribution in [0.2, 0.25) is 0 Å². The molecule has 1 saturated carbocycles. The van der Waals surface area contributed by atoms with Crippen LogP contribution in [-0.2, 0) is 17.9 Å². The first kappa shape index (κ1) is 15.5.